The summed E-state index contributed by atoms with van der Waals surface area (Å²) < 4.78 is 0.867. The number of nitrogens with one attached hydrogen (secondary N) is 1. The van der Waals surface area contributed by atoms with Crippen molar-refractivity contribution in [1.29, 1.82) is 0 Å². The molecule has 104 valence electrons. The van der Waals surface area contributed by atoms with Crippen molar-refractivity contribution in [1.82, 2.24) is 0 Å². The molecule has 5 heteroatoms. The molecular formula is C15H14BrClN2O. The molecular weight excluding hydrogens is 340 g/mol. The smallest absolute Gasteiger partial charge is 0.255 e. The van der Waals surface area contributed by atoms with E-state index in [0.717, 1.165) is 10.2 Å². The van der Waals surface area contributed by atoms with Crippen LogP contribution in [0.2, 0.25) is 5.02 Å². The van der Waals surface area contributed by atoms with Crippen LogP contribution < -0.4 is 10.2 Å². The fourth-order valence-electron chi connectivity index (χ4n) is 1.78. The number of rotatable bonds is 3. The normalized spacial score (nSPS) is 10.2. The largest absolute Gasteiger partial charge is 0.376 e. The van der Waals surface area contributed by atoms with Crippen LogP contribution in [0.5, 0.6) is 0 Å². The molecule has 2 rings (SSSR count). The maximum absolute atomic E-state index is 12.1. The van der Waals surface area contributed by atoms with Crippen LogP contribution in [0.1, 0.15) is 10.4 Å². The lowest BCUT2D eigenvalue weighted by Crippen LogP contribution is -2.13. The highest BCUT2D eigenvalue weighted by atomic mass is 79.9. The highest BCUT2D eigenvalue weighted by Crippen LogP contribution is 2.27. The zero-order valence-electron chi connectivity index (χ0n) is 11.2. The number of anilines is 2. The second kappa shape index (κ2) is 6.29. The number of amides is 1. The summed E-state index contributed by atoms with van der Waals surface area (Å²) in [7, 11) is 3.84. The van der Waals surface area contributed by atoms with Crippen molar-refractivity contribution in [2.24, 2.45) is 0 Å². The molecule has 0 radical (unpaired) electrons. The van der Waals surface area contributed by atoms with Crippen molar-refractivity contribution < 1.29 is 4.79 Å². The SMILES string of the molecule is CN(C)c1ccc(NC(=O)c2cccc(Br)c2)cc1Cl. The average molecular weight is 354 g/mol. The van der Waals surface area contributed by atoms with Gasteiger partial charge >= 0.3 is 0 Å². The molecule has 2 aromatic rings. The molecule has 0 aliphatic carbocycles. The van der Waals surface area contributed by atoms with Crippen molar-refractivity contribution in [3.63, 3.8) is 0 Å². The van der Waals surface area contributed by atoms with Gasteiger partial charge in [0.15, 0.2) is 0 Å². The third-order valence-corrected chi connectivity index (χ3v) is 3.57. The van der Waals surface area contributed by atoms with Crippen LogP contribution in [0.4, 0.5) is 11.4 Å². The lowest BCUT2D eigenvalue weighted by Gasteiger charge is -2.15. The van der Waals surface area contributed by atoms with Crippen molar-refractivity contribution in [2.75, 3.05) is 24.3 Å². The van der Waals surface area contributed by atoms with Gasteiger partial charge in [-0.25, -0.2) is 0 Å². The molecule has 0 spiro atoms. The second-order valence-electron chi connectivity index (χ2n) is 4.53. The van der Waals surface area contributed by atoms with E-state index in [4.69, 9.17) is 11.6 Å². The molecule has 0 aromatic heterocycles. The van der Waals surface area contributed by atoms with Crippen LogP contribution in [0.15, 0.2) is 46.9 Å². The first kappa shape index (κ1) is 14.9. The number of hydrogen-bond acceptors (Lipinski definition) is 2. The second-order valence-corrected chi connectivity index (χ2v) is 5.85. The van der Waals surface area contributed by atoms with Gasteiger partial charge in [-0.2, -0.15) is 0 Å². The predicted molar refractivity (Wildman–Crippen MR) is 87.9 cm³/mol. The molecule has 0 heterocycles. The number of benzene rings is 2. The van der Waals surface area contributed by atoms with Crippen LogP contribution in [0.25, 0.3) is 0 Å². The van der Waals surface area contributed by atoms with Crippen molar-refractivity contribution in [3.05, 3.63) is 57.5 Å². The van der Waals surface area contributed by atoms with Gasteiger partial charge < -0.3 is 10.2 Å². The Labute approximate surface area is 131 Å². The third-order valence-electron chi connectivity index (χ3n) is 2.77. The fourth-order valence-corrected chi connectivity index (χ4v) is 2.53. The van der Waals surface area contributed by atoms with Crippen LogP contribution in [0.3, 0.4) is 0 Å². The molecule has 0 unspecified atom stereocenters. The predicted octanol–water partition coefficient (Wildman–Crippen LogP) is 4.42. The van der Waals surface area contributed by atoms with E-state index in [0.29, 0.717) is 16.3 Å². The van der Waals surface area contributed by atoms with Gasteiger partial charge in [0.25, 0.3) is 5.91 Å². The number of nitrogens with zero attached hydrogens (tertiary/aromatic N) is 1. The van der Waals surface area contributed by atoms with Gasteiger partial charge in [-0.1, -0.05) is 33.6 Å². The van der Waals surface area contributed by atoms with E-state index in [1.165, 1.54) is 0 Å². The van der Waals surface area contributed by atoms with Crippen molar-refractivity contribution >= 4 is 44.8 Å². The Balaban J connectivity index is 2.18. The third kappa shape index (κ3) is 3.52. The fraction of sp³-hybridized carbons (Fsp3) is 0.133. The number of hydrogen-bond donors (Lipinski definition) is 1. The van der Waals surface area contributed by atoms with E-state index in [9.17, 15) is 4.79 Å². The van der Waals surface area contributed by atoms with Gasteiger partial charge in [0.2, 0.25) is 0 Å². The quantitative estimate of drug-likeness (QED) is 0.886. The summed E-state index contributed by atoms with van der Waals surface area (Å²) in [4.78, 5) is 14.0. The first-order chi connectivity index (χ1) is 9.47. The van der Waals surface area contributed by atoms with E-state index in [2.05, 4.69) is 21.2 Å². The summed E-state index contributed by atoms with van der Waals surface area (Å²) in [5, 5.41) is 3.43. The molecule has 0 saturated carbocycles. The Morgan fingerprint density at radius 3 is 2.55 bits per heavy atom. The van der Waals surface area contributed by atoms with Crippen LogP contribution in [-0.4, -0.2) is 20.0 Å². The minimum atomic E-state index is -0.167. The van der Waals surface area contributed by atoms with E-state index < -0.39 is 0 Å². The Kier molecular flexibility index (Phi) is 4.68. The Bertz CT molecular complexity index is 644. The lowest BCUT2D eigenvalue weighted by atomic mass is 10.2. The van der Waals surface area contributed by atoms with E-state index in [-0.39, 0.29) is 5.91 Å². The molecule has 0 aliphatic heterocycles. The number of carbonyl (C=O) groups is 1. The molecule has 1 amide bonds. The highest BCUT2D eigenvalue weighted by molar-refractivity contribution is 9.10. The van der Waals surface area contributed by atoms with E-state index in [1.807, 2.05) is 43.3 Å². The molecule has 0 fully saturated rings. The van der Waals surface area contributed by atoms with E-state index >= 15 is 0 Å². The summed E-state index contributed by atoms with van der Waals surface area (Å²) in [6.45, 7) is 0. The first-order valence-corrected chi connectivity index (χ1v) is 7.18. The minimum absolute atomic E-state index is 0.167. The molecule has 0 saturated heterocycles. The summed E-state index contributed by atoms with van der Waals surface area (Å²) in [5.41, 5.74) is 2.17. The maximum atomic E-state index is 12.1. The van der Waals surface area contributed by atoms with Crippen LogP contribution >= 0.6 is 27.5 Å². The Morgan fingerprint density at radius 1 is 1.20 bits per heavy atom. The van der Waals surface area contributed by atoms with Crippen LogP contribution in [0, 0.1) is 0 Å². The highest BCUT2D eigenvalue weighted by Gasteiger charge is 2.08. The number of carbonyl (C=O) groups excluding carboxylic acids is 1. The maximum Gasteiger partial charge on any atom is 0.255 e. The summed E-state index contributed by atoms with van der Waals surface area (Å²) >= 11 is 9.52. The molecule has 20 heavy (non-hydrogen) atoms. The zero-order valence-corrected chi connectivity index (χ0v) is 13.5. The lowest BCUT2D eigenvalue weighted by molar-refractivity contribution is 0.102. The van der Waals surface area contributed by atoms with Gasteiger partial charge in [0.1, 0.15) is 0 Å². The monoisotopic (exact) mass is 352 g/mol. The molecule has 0 bridgehead atoms. The van der Waals surface area contributed by atoms with Crippen molar-refractivity contribution in [2.45, 2.75) is 0 Å². The first-order valence-electron chi connectivity index (χ1n) is 6.01. The minimum Gasteiger partial charge on any atom is -0.376 e. The van der Waals surface area contributed by atoms with Gasteiger partial charge in [0.05, 0.1) is 10.7 Å². The summed E-state index contributed by atoms with van der Waals surface area (Å²) in [6.07, 6.45) is 0. The van der Waals surface area contributed by atoms with Gasteiger partial charge in [-0.15, -0.1) is 0 Å². The molecule has 2 aromatic carbocycles. The zero-order chi connectivity index (χ0) is 14.7. The van der Waals surface area contributed by atoms with Gasteiger partial charge in [-0.3, -0.25) is 4.79 Å². The van der Waals surface area contributed by atoms with E-state index in [1.54, 1.807) is 18.2 Å². The van der Waals surface area contributed by atoms with Gasteiger partial charge in [-0.05, 0) is 36.4 Å². The van der Waals surface area contributed by atoms with Crippen molar-refractivity contribution in [3.8, 4) is 0 Å². The summed E-state index contributed by atoms with van der Waals surface area (Å²) in [6, 6.07) is 12.7. The topological polar surface area (TPSA) is 32.3 Å². The average Bonchev–Trinajstić information content (AvgIpc) is 2.38. The van der Waals surface area contributed by atoms with Gasteiger partial charge in [0, 0.05) is 29.8 Å². The Morgan fingerprint density at radius 2 is 1.95 bits per heavy atom. The number of halogens is 2. The Hall–Kier alpha value is -1.52. The standard InChI is InChI=1S/C15H14BrClN2O/c1-19(2)14-7-6-12(9-13(14)17)18-15(20)10-4-3-5-11(16)8-10/h3-9H,1-2H3,(H,18,20). The molecule has 0 aliphatic rings. The summed E-state index contributed by atoms with van der Waals surface area (Å²) in [5.74, 6) is -0.167. The molecule has 0 atom stereocenters. The molecule has 3 nitrogen and oxygen atoms in total. The van der Waals surface area contributed by atoms with Crippen LogP contribution in [-0.2, 0) is 0 Å². The molecule has 1 N–H and O–H groups in total.